The SMILES string of the molecule is C#CC(CC)NC(C)CC(N)=NO. The molecule has 0 aliphatic rings. The smallest absolute Gasteiger partial charge is 0.140 e. The molecule has 0 aromatic heterocycles. The summed E-state index contributed by atoms with van der Waals surface area (Å²) in [6.45, 7) is 3.95. The second kappa shape index (κ2) is 6.32. The molecule has 0 heterocycles. The molecule has 0 radical (unpaired) electrons. The minimum atomic E-state index is 0.0569. The van der Waals surface area contributed by atoms with Crippen molar-refractivity contribution in [1.29, 1.82) is 0 Å². The van der Waals surface area contributed by atoms with Crippen molar-refractivity contribution in [2.45, 2.75) is 38.8 Å². The first kappa shape index (κ1) is 11.8. The van der Waals surface area contributed by atoms with E-state index in [1.165, 1.54) is 0 Å². The van der Waals surface area contributed by atoms with E-state index in [1.54, 1.807) is 0 Å². The molecule has 0 aromatic carbocycles. The van der Waals surface area contributed by atoms with Gasteiger partial charge in [-0.15, -0.1) is 6.42 Å². The first-order valence-electron chi connectivity index (χ1n) is 4.32. The molecule has 2 atom stereocenters. The molecule has 0 saturated carbocycles. The van der Waals surface area contributed by atoms with Crippen LogP contribution in [0.4, 0.5) is 0 Å². The number of hydrogen-bond donors (Lipinski definition) is 3. The predicted molar refractivity (Wildman–Crippen MR) is 53.5 cm³/mol. The van der Waals surface area contributed by atoms with Crippen LogP contribution in [-0.4, -0.2) is 23.1 Å². The Hall–Kier alpha value is -1.21. The Morgan fingerprint density at radius 3 is 2.77 bits per heavy atom. The van der Waals surface area contributed by atoms with Crippen molar-refractivity contribution in [3.8, 4) is 12.3 Å². The van der Waals surface area contributed by atoms with E-state index in [0.717, 1.165) is 6.42 Å². The Balaban J connectivity index is 3.87. The summed E-state index contributed by atoms with van der Waals surface area (Å²) >= 11 is 0. The molecule has 4 heteroatoms. The zero-order chi connectivity index (χ0) is 10.3. The molecule has 0 aliphatic carbocycles. The average Bonchev–Trinajstić information content (AvgIpc) is 2.13. The summed E-state index contributed by atoms with van der Waals surface area (Å²) < 4.78 is 0. The number of nitrogens with one attached hydrogen (secondary N) is 1. The highest BCUT2D eigenvalue weighted by Gasteiger charge is 2.08. The van der Waals surface area contributed by atoms with Gasteiger partial charge in [0.15, 0.2) is 0 Å². The van der Waals surface area contributed by atoms with Crippen molar-refractivity contribution in [3.05, 3.63) is 0 Å². The zero-order valence-corrected chi connectivity index (χ0v) is 8.12. The zero-order valence-electron chi connectivity index (χ0n) is 8.12. The van der Waals surface area contributed by atoms with Gasteiger partial charge >= 0.3 is 0 Å². The first-order chi connectivity index (χ1) is 6.13. The second-order valence-electron chi connectivity index (χ2n) is 2.99. The van der Waals surface area contributed by atoms with E-state index < -0.39 is 0 Å². The standard InChI is InChI=1S/C9H17N3O/c1-4-8(5-2)11-7(3)6-9(10)12-13/h1,7-8,11,13H,5-6H2,2-3H3,(H2,10,12). The number of rotatable bonds is 5. The van der Waals surface area contributed by atoms with Gasteiger partial charge in [-0.05, 0) is 13.3 Å². The first-order valence-corrected chi connectivity index (χ1v) is 4.32. The molecule has 0 fully saturated rings. The Bertz CT molecular complexity index is 207. The molecule has 0 rings (SSSR count). The fraction of sp³-hybridized carbons (Fsp3) is 0.667. The normalized spacial score (nSPS) is 16.2. The molecule has 0 aromatic rings. The van der Waals surface area contributed by atoms with Crippen molar-refractivity contribution >= 4 is 5.84 Å². The molecule has 0 bridgehead atoms. The highest BCUT2D eigenvalue weighted by molar-refractivity contribution is 5.80. The van der Waals surface area contributed by atoms with Crippen LogP contribution in [0.5, 0.6) is 0 Å². The van der Waals surface area contributed by atoms with Crippen LogP contribution in [0.15, 0.2) is 5.16 Å². The van der Waals surface area contributed by atoms with Crippen LogP contribution in [0, 0.1) is 12.3 Å². The van der Waals surface area contributed by atoms with Crippen molar-refractivity contribution in [1.82, 2.24) is 5.32 Å². The van der Waals surface area contributed by atoms with Gasteiger partial charge in [-0.3, -0.25) is 0 Å². The number of nitrogens with zero attached hydrogens (tertiary/aromatic N) is 1. The van der Waals surface area contributed by atoms with Gasteiger partial charge in [-0.2, -0.15) is 0 Å². The lowest BCUT2D eigenvalue weighted by atomic mass is 10.1. The summed E-state index contributed by atoms with van der Waals surface area (Å²) in [5, 5.41) is 14.4. The van der Waals surface area contributed by atoms with Crippen LogP contribution >= 0.6 is 0 Å². The third-order valence-electron chi connectivity index (χ3n) is 1.74. The Kier molecular flexibility index (Phi) is 5.73. The molecule has 4 nitrogen and oxygen atoms in total. The molecule has 0 spiro atoms. The van der Waals surface area contributed by atoms with E-state index in [9.17, 15) is 0 Å². The Labute approximate surface area is 79.2 Å². The molecule has 13 heavy (non-hydrogen) atoms. The van der Waals surface area contributed by atoms with E-state index in [0.29, 0.717) is 6.42 Å². The summed E-state index contributed by atoms with van der Waals surface area (Å²) in [4.78, 5) is 0. The maximum Gasteiger partial charge on any atom is 0.140 e. The van der Waals surface area contributed by atoms with Crippen LogP contribution < -0.4 is 11.1 Å². The summed E-state index contributed by atoms with van der Waals surface area (Å²) in [7, 11) is 0. The molecule has 74 valence electrons. The molecular formula is C9H17N3O. The largest absolute Gasteiger partial charge is 0.409 e. The van der Waals surface area contributed by atoms with Crippen LogP contribution in [0.25, 0.3) is 0 Å². The van der Waals surface area contributed by atoms with E-state index in [-0.39, 0.29) is 17.9 Å². The monoisotopic (exact) mass is 183 g/mol. The lowest BCUT2D eigenvalue weighted by molar-refractivity contribution is 0.315. The lowest BCUT2D eigenvalue weighted by Crippen LogP contribution is -2.37. The van der Waals surface area contributed by atoms with E-state index in [2.05, 4.69) is 16.4 Å². The molecule has 0 aliphatic heterocycles. The minimum absolute atomic E-state index is 0.0569. The fourth-order valence-electron chi connectivity index (χ4n) is 1.04. The van der Waals surface area contributed by atoms with E-state index >= 15 is 0 Å². The maximum absolute atomic E-state index is 8.33. The van der Waals surface area contributed by atoms with Crippen LogP contribution in [-0.2, 0) is 0 Å². The second-order valence-corrected chi connectivity index (χ2v) is 2.99. The van der Waals surface area contributed by atoms with Crippen molar-refractivity contribution in [2.75, 3.05) is 0 Å². The van der Waals surface area contributed by atoms with Gasteiger partial charge in [0.05, 0.1) is 6.04 Å². The lowest BCUT2D eigenvalue weighted by Gasteiger charge is -2.17. The van der Waals surface area contributed by atoms with Gasteiger partial charge in [0, 0.05) is 12.5 Å². The number of oxime groups is 1. The van der Waals surface area contributed by atoms with E-state index in [4.69, 9.17) is 17.4 Å². The molecule has 4 N–H and O–H groups in total. The van der Waals surface area contributed by atoms with Gasteiger partial charge < -0.3 is 16.3 Å². The van der Waals surface area contributed by atoms with Gasteiger partial charge in [-0.25, -0.2) is 0 Å². The number of terminal acetylenes is 1. The third kappa shape index (κ3) is 5.10. The topological polar surface area (TPSA) is 70.6 Å². The molecule has 0 amide bonds. The minimum Gasteiger partial charge on any atom is -0.409 e. The molecule has 2 unspecified atom stereocenters. The van der Waals surface area contributed by atoms with Gasteiger partial charge in [0.25, 0.3) is 0 Å². The third-order valence-corrected chi connectivity index (χ3v) is 1.74. The van der Waals surface area contributed by atoms with Crippen LogP contribution in [0.3, 0.4) is 0 Å². The Morgan fingerprint density at radius 1 is 1.77 bits per heavy atom. The van der Waals surface area contributed by atoms with Gasteiger partial charge in [0.2, 0.25) is 0 Å². The average molecular weight is 183 g/mol. The number of nitrogens with two attached hydrogens (primary N) is 1. The van der Waals surface area contributed by atoms with Gasteiger partial charge in [-0.1, -0.05) is 18.0 Å². The fourth-order valence-corrected chi connectivity index (χ4v) is 1.04. The van der Waals surface area contributed by atoms with Crippen molar-refractivity contribution < 1.29 is 5.21 Å². The summed E-state index contributed by atoms with van der Waals surface area (Å²) in [5.41, 5.74) is 5.34. The molecule has 0 saturated heterocycles. The maximum atomic E-state index is 8.33. The van der Waals surface area contributed by atoms with Crippen molar-refractivity contribution in [2.24, 2.45) is 10.9 Å². The quantitative estimate of drug-likeness (QED) is 0.191. The molecular weight excluding hydrogens is 166 g/mol. The number of hydrogen-bond acceptors (Lipinski definition) is 3. The summed E-state index contributed by atoms with van der Waals surface area (Å²) in [6.07, 6.45) is 6.64. The van der Waals surface area contributed by atoms with Crippen LogP contribution in [0.2, 0.25) is 0 Å². The Morgan fingerprint density at radius 2 is 2.38 bits per heavy atom. The van der Waals surface area contributed by atoms with Gasteiger partial charge in [0.1, 0.15) is 5.84 Å². The summed E-state index contributed by atoms with van der Waals surface area (Å²) in [5.74, 6) is 2.83. The van der Waals surface area contributed by atoms with Crippen LogP contribution in [0.1, 0.15) is 26.7 Å². The summed E-state index contributed by atoms with van der Waals surface area (Å²) in [6, 6.07) is 0.179. The van der Waals surface area contributed by atoms with E-state index in [1.807, 2.05) is 13.8 Å². The number of amidine groups is 1. The highest BCUT2D eigenvalue weighted by atomic mass is 16.4. The predicted octanol–water partition coefficient (Wildman–Crippen LogP) is 0.513. The van der Waals surface area contributed by atoms with Crippen molar-refractivity contribution in [3.63, 3.8) is 0 Å². The highest BCUT2D eigenvalue weighted by Crippen LogP contribution is 1.95.